The molecule has 1 aromatic carbocycles. The standard InChI is InChI=1S/C12H12Cl2O3/c1-3-7(15)6-9-10(13)5-4-8(11(9)14)12(16)17-2/h4-5H,3,6H2,1-2H3. The Morgan fingerprint density at radius 3 is 2.47 bits per heavy atom. The average Bonchev–Trinajstić information content (AvgIpc) is 2.33. The first-order valence-electron chi connectivity index (χ1n) is 5.08. The minimum absolute atomic E-state index is 0.0100. The number of carbonyl (C=O) groups excluding carboxylic acids is 2. The summed E-state index contributed by atoms with van der Waals surface area (Å²) in [5.74, 6) is -0.535. The van der Waals surface area contributed by atoms with Gasteiger partial charge in [0.15, 0.2) is 0 Å². The molecule has 0 aromatic heterocycles. The van der Waals surface area contributed by atoms with Gasteiger partial charge >= 0.3 is 5.97 Å². The Bertz CT molecular complexity index is 455. The number of methoxy groups -OCH3 is 1. The maximum atomic E-state index is 11.4. The SMILES string of the molecule is CCC(=O)Cc1c(Cl)ccc(C(=O)OC)c1Cl. The highest BCUT2D eigenvalue weighted by molar-refractivity contribution is 6.38. The van der Waals surface area contributed by atoms with Gasteiger partial charge in [-0.1, -0.05) is 30.1 Å². The summed E-state index contributed by atoms with van der Waals surface area (Å²) in [7, 11) is 1.27. The first-order valence-corrected chi connectivity index (χ1v) is 5.83. The predicted octanol–water partition coefficient (Wildman–Crippen LogP) is 3.30. The van der Waals surface area contributed by atoms with Gasteiger partial charge in [-0.3, -0.25) is 4.79 Å². The number of carbonyl (C=O) groups is 2. The Kier molecular flexibility index (Phi) is 4.97. The molecule has 0 spiro atoms. The predicted molar refractivity (Wildman–Crippen MR) is 66.8 cm³/mol. The van der Waals surface area contributed by atoms with Crippen molar-refractivity contribution in [3.8, 4) is 0 Å². The van der Waals surface area contributed by atoms with Crippen LogP contribution in [0.5, 0.6) is 0 Å². The van der Waals surface area contributed by atoms with Gasteiger partial charge in [0.05, 0.1) is 17.7 Å². The molecule has 5 heteroatoms. The third-order valence-corrected chi connectivity index (χ3v) is 3.15. The largest absolute Gasteiger partial charge is 0.465 e. The zero-order valence-corrected chi connectivity index (χ0v) is 11.1. The molecule has 17 heavy (non-hydrogen) atoms. The van der Waals surface area contributed by atoms with Crippen LogP contribution in [0.3, 0.4) is 0 Å². The maximum absolute atomic E-state index is 11.4. The van der Waals surface area contributed by atoms with E-state index in [1.807, 2.05) is 0 Å². The number of esters is 1. The van der Waals surface area contributed by atoms with E-state index in [9.17, 15) is 9.59 Å². The van der Waals surface area contributed by atoms with Crippen LogP contribution in [0.4, 0.5) is 0 Å². The van der Waals surface area contributed by atoms with E-state index in [1.165, 1.54) is 19.2 Å². The molecule has 0 atom stereocenters. The van der Waals surface area contributed by atoms with Crippen molar-refractivity contribution in [3.63, 3.8) is 0 Å². The zero-order chi connectivity index (χ0) is 13.0. The van der Waals surface area contributed by atoms with E-state index in [0.29, 0.717) is 17.0 Å². The van der Waals surface area contributed by atoms with Crippen molar-refractivity contribution in [1.29, 1.82) is 0 Å². The number of rotatable bonds is 4. The van der Waals surface area contributed by atoms with Gasteiger partial charge in [-0.15, -0.1) is 0 Å². The average molecular weight is 275 g/mol. The van der Waals surface area contributed by atoms with E-state index < -0.39 is 5.97 Å². The zero-order valence-electron chi connectivity index (χ0n) is 9.55. The summed E-state index contributed by atoms with van der Waals surface area (Å²) in [5, 5.41) is 0.565. The summed E-state index contributed by atoms with van der Waals surface area (Å²) in [5.41, 5.74) is 0.695. The number of hydrogen-bond acceptors (Lipinski definition) is 3. The lowest BCUT2D eigenvalue weighted by Gasteiger charge is -2.09. The van der Waals surface area contributed by atoms with Crippen LogP contribution in [0.25, 0.3) is 0 Å². The van der Waals surface area contributed by atoms with Crippen LogP contribution in [0, 0.1) is 0 Å². The highest BCUT2D eigenvalue weighted by Gasteiger charge is 2.17. The molecule has 1 aromatic rings. The summed E-state index contributed by atoms with van der Waals surface area (Å²) in [6, 6.07) is 3.02. The van der Waals surface area contributed by atoms with Gasteiger partial charge in [0, 0.05) is 17.9 Å². The van der Waals surface area contributed by atoms with Crippen LogP contribution in [0.2, 0.25) is 10.0 Å². The Morgan fingerprint density at radius 1 is 1.29 bits per heavy atom. The third kappa shape index (κ3) is 3.20. The van der Waals surface area contributed by atoms with Crippen LogP contribution in [-0.2, 0) is 16.0 Å². The van der Waals surface area contributed by atoms with Crippen molar-refractivity contribution in [2.45, 2.75) is 19.8 Å². The summed E-state index contributed by atoms with van der Waals surface area (Å²) in [6.45, 7) is 1.76. The Hall–Kier alpha value is -1.06. The first-order chi connectivity index (χ1) is 8.01. The summed E-state index contributed by atoms with van der Waals surface area (Å²) < 4.78 is 4.59. The van der Waals surface area contributed by atoms with Crippen molar-refractivity contribution in [2.24, 2.45) is 0 Å². The summed E-state index contributed by atoms with van der Waals surface area (Å²) in [4.78, 5) is 22.8. The Balaban J connectivity index is 3.20. The van der Waals surface area contributed by atoms with Gasteiger partial charge in [0.25, 0.3) is 0 Å². The van der Waals surface area contributed by atoms with Crippen molar-refractivity contribution in [1.82, 2.24) is 0 Å². The van der Waals surface area contributed by atoms with E-state index in [1.54, 1.807) is 6.92 Å². The molecule has 0 aliphatic heterocycles. The van der Waals surface area contributed by atoms with Gasteiger partial charge < -0.3 is 4.74 Å². The Morgan fingerprint density at radius 2 is 1.94 bits per heavy atom. The number of Topliss-reactive ketones (excluding diaryl/α,β-unsaturated/α-hetero) is 1. The highest BCUT2D eigenvalue weighted by atomic mass is 35.5. The van der Waals surface area contributed by atoms with Crippen LogP contribution >= 0.6 is 23.2 Å². The van der Waals surface area contributed by atoms with Crippen molar-refractivity contribution < 1.29 is 14.3 Å². The minimum atomic E-state index is -0.545. The van der Waals surface area contributed by atoms with Crippen LogP contribution in [0.15, 0.2) is 12.1 Å². The molecule has 0 bridgehead atoms. The second kappa shape index (κ2) is 6.03. The Labute approximate surface area is 110 Å². The van der Waals surface area contributed by atoms with Crippen LogP contribution in [-0.4, -0.2) is 18.9 Å². The number of benzene rings is 1. The molecular weight excluding hydrogens is 263 g/mol. The fourth-order valence-electron chi connectivity index (χ4n) is 1.35. The molecule has 0 amide bonds. The molecule has 0 N–H and O–H groups in total. The van der Waals surface area contributed by atoms with Gasteiger partial charge in [-0.2, -0.15) is 0 Å². The lowest BCUT2D eigenvalue weighted by atomic mass is 10.0. The first kappa shape index (κ1) is 14.0. The maximum Gasteiger partial charge on any atom is 0.339 e. The summed E-state index contributed by atoms with van der Waals surface area (Å²) in [6.07, 6.45) is 0.522. The molecule has 0 unspecified atom stereocenters. The number of ether oxygens (including phenoxy) is 1. The van der Waals surface area contributed by atoms with E-state index in [2.05, 4.69) is 4.74 Å². The monoisotopic (exact) mass is 274 g/mol. The van der Waals surface area contributed by atoms with Crippen LogP contribution in [0.1, 0.15) is 29.3 Å². The van der Waals surface area contributed by atoms with Gasteiger partial charge in [-0.05, 0) is 17.7 Å². The smallest absolute Gasteiger partial charge is 0.339 e. The molecule has 0 aliphatic carbocycles. The van der Waals surface area contributed by atoms with Crippen molar-refractivity contribution in [2.75, 3.05) is 7.11 Å². The topological polar surface area (TPSA) is 43.4 Å². The van der Waals surface area contributed by atoms with E-state index in [0.717, 1.165) is 0 Å². The molecule has 3 nitrogen and oxygen atoms in total. The van der Waals surface area contributed by atoms with Gasteiger partial charge in [0.2, 0.25) is 0 Å². The fourth-order valence-corrected chi connectivity index (χ4v) is 1.93. The van der Waals surface area contributed by atoms with E-state index in [4.69, 9.17) is 23.2 Å². The molecule has 92 valence electrons. The quantitative estimate of drug-likeness (QED) is 0.792. The normalized spacial score (nSPS) is 10.1. The van der Waals surface area contributed by atoms with Gasteiger partial charge in [-0.25, -0.2) is 4.79 Å². The lowest BCUT2D eigenvalue weighted by molar-refractivity contribution is -0.118. The second-order valence-corrected chi connectivity index (χ2v) is 4.23. The minimum Gasteiger partial charge on any atom is -0.465 e. The molecule has 0 heterocycles. The fraction of sp³-hybridized carbons (Fsp3) is 0.333. The molecular formula is C12H12Cl2O3. The number of ketones is 1. The molecule has 0 fully saturated rings. The van der Waals surface area contributed by atoms with E-state index >= 15 is 0 Å². The van der Waals surface area contributed by atoms with Crippen molar-refractivity contribution >= 4 is 35.0 Å². The third-order valence-electron chi connectivity index (χ3n) is 2.36. The molecule has 0 radical (unpaired) electrons. The molecule has 0 saturated heterocycles. The van der Waals surface area contributed by atoms with Crippen molar-refractivity contribution in [3.05, 3.63) is 33.3 Å². The van der Waals surface area contributed by atoms with Gasteiger partial charge in [0.1, 0.15) is 5.78 Å². The molecule has 0 saturated carbocycles. The number of hydrogen-bond donors (Lipinski definition) is 0. The van der Waals surface area contributed by atoms with Crippen LogP contribution < -0.4 is 0 Å². The second-order valence-electron chi connectivity index (χ2n) is 3.45. The van der Waals surface area contributed by atoms with E-state index in [-0.39, 0.29) is 22.8 Å². The highest BCUT2D eigenvalue weighted by Crippen LogP contribution is 2.29. The molecule has 0 aliphatic rings. The lowest BCUT2D eigenvalue weighted by Crippen LogP contribution is -2.07. The number of halogens is 2. The summed E-state index contributed by atoms with van der Waals surface area (Å²) >= 11 is 12.0. The molecule has 1 rings (SSSR count).